The molecular formula is C23H27N5O8. The molecule has 0 aromatic heterocycles. The first-order chi connectivity index (χ1) is 17.1. The molecule has 1 aromatic rings. The quantitative estimate of drug-likeness (QED) is 0.342. The number of anilines is 1. The molecule has 3 rings (SSSR count). The molecule has 2 heterocycles. The summed E-state index contributed by atoms with van der Waals surface area (Å²) in [5.41, 5.74) is 0.712. The van der Waals surface area contributed by atoms with E-state index in [1.165, 1.54) is 36.2 Å². The van der Waals surface area contributed by atoms with Crippen LogP contribution in [0.25, 0.3) is 0 Å². The zero-order valence-electron chi connectivity index (χ0n) is 19.6. The number of rotatable bonds is 8. The number of carboxylic acid groups (broad SMARTS) is 1. The Morgan fingerprint density at radius 1 is 1.14 bits per heavy atom. The van der Waals surface area contributed by atoms with E-state index >= 15 is 0 Å². The average Bonchev–Trinajstić information content (AvgIpc) is 2.95. The standard InChI is InChI=1S/C23H27N5O8/c1-13(30)24-15-6-4-14(5-7-15)21(34)26-17-8-9-19(31)27-10-2-3-18(28(27)23(17)36)22(35)25-16(12-29)11-20(32)33/h4-7,12,16-18H,2-3,8-11H2,1H3,(H,24,30)(H,25,35)(H,26,34)(H,32,33)/t16-,17-,18-/m0/s1. The number of hydrogen-bond donors (Lipinski definition) is 4. The third kappa shape index (κ3) is 6.23. The molecule has 4 N–H and O–H groups in total. The van der Waals surface area contributed by atoms with E-state index < -0.39 is 54.1 Å². The number of carbonyl (C=O) groups is 7. The average molecular weight is 501 g/mol. The van der Waals surface area contributed by atoms with E-state index in [2.05, 4.69) is 16.0 Å². The van der Waals surface area contributed by atoms with Gasteiger partial charge in [0.25, 0.3) is 11.8 Å². The van der Waals surface area contributed by atoms with Gasteiger partial charge in [0.1, 0.15) is 18.4 Å². The summed E-state index contributed by atoms with van der Waals surface area (Å²) < 4.78 is 0. The Bertz CT molecular complexity index is 1070. The van der Waals surface area contributed by atoms with Gasteiger partial charge in [-0.25, -0.2) is 5.01 Å². The SMILES string of the molecule is CC(=O)Nc1ccc(C(=O)N[C@H]2CCC(=O)N3CCC[C@@H](C(=O)N[C@H](C=O)CC(=O)O)N3C2=O)cc1. The number of hydrogen-bond acceptors (Lipinski definition) is 7. The van der Waals surface area contributed by atoms with Crippen LogP contribution in [0, 0.1) is 0 Å². The van der Waals surface area contributed by atoms with Gasteiger partial charge in [0, 0.05) is 31.1 Å². The second-order valence-electron chi connectivity index (χ2n) is 8.53. The van der Waals surface area contributed by atoms with Crippen LogP contribution in [0.1, 0.15) is 49.4 Å². The van der Waals surface area contributed by atoms with Crippen molar-refractivity contribution in [2.45, 2.75) is 57.2 Å². The maximum Gasteiger partial charge on any atom is 0.305 e. The van der Waals surface area contributed by atoms with Crippen LogP contribution in [-0.4, -0.2) is 81.6 Å². The molecule has 0 spiro atoms. The lowest BCUT2D eigenvalue weighted by molar-refractivity contribution is -0.176. The van der Waals surface area contributed by atoms with Crippen LogP contribution in [-0.2, 0) is 28.8 Å². The second-order valence-corrected chi connectivity index (χ2v) is 8.53. The van der Waals surface area contributed by atoms with E-state index in [4.69, 9.17) is 5.11 Å². The van der Waals surface area contributed by atoms with Gasteiger partial charge in [0.05, 0.1) is 12.5 Å². The van der Waals surface area contributed by atoms with Crippen molar-refractivity contribution in [3.05, 3.63) is 29.8 Å². The highest BCUT2D eigenvalue weighted by Gasteiger charge is 2.44. The van der Waals surface area contributed by atoms with Crippen LogP contribution in [0.4, 0.5) is 5.69 Å². The normalized spacial score (nSPS) is 20.5. The van der Waals surface area contributed by atoms with E-state index in [0.717, 1.165) is 5.01 Å². The van der Waals surface area contributed by atoms with Gasteiger partial charge >= 0.3 is 5.97 Å². The van der Waals surface area contributed by atoms with Crippen molar-refractivity contribution in [1.29, 1.82) is 0 Å². The van der Waals surface area contributed by atoms with Gasteiger partial charge in [-0.15, -0.1) is 0 Å². The van der Waals surface area contributed by atoms with Gasteiger partial charge in [-0.1, -0.05) is 0 Å². The summed E-state index contributed by atoms with van der Waals surface area (Å²) in [6, 6.07) is 2.46. The molecule has 0 saturated carbocycles. The van der Waals surface area contributed by atoms with Gasteiger partial charge in [0.15, 0.2) is 0 Å². The van der Waals surface area contributed by atoms with Crippen molar-refractivity contribution in [1.82, 2.24) is 20.7 Å². The highest BCUT2D eigenvalue weighted by atomic mass is 16.4. The maximum atomic E-state index is 13.4. The van der Waals surface area contributed by atoms with Gasteiger partial charge in [-0.3, -0.25) is 33.8 Å². The lowest BCUT2D eigenvalue weighted by Gasteiger charge is -2.43. The fraction of sp³-hybridized carbons (Fsp3) is 0.435. The Kier molecular flexibility index (Phi) is 8.35. The van der Waals surface area contributed by atoms with E-state index in [9.17, 15) is 33.6 Å². The Balaban J connectivity index is 1.77. The Labute approximate surface area is 206 Å². The number of aldehydes is 1. The third-order valence-corrected chi connectivity index (χ3v) is 5.82. The minimum Gasteiger partial charge on any atom is -0.481 e. The van der Waals surface area contributed by atoms with Crippen molar-refractivity contribution < 1.29 is 38.7 Å². The summed E-state index contributed by atoms with van der Waals surface area (Å²) in [6.07, 6.45) is 0.241. The molecule has 192 valence electrons. The number of aliphatic carboxylic acids is 1. The van der Waals surface area contributed by atoms with Crippen molar-refractivity contribution in [2.75, 3.05) is 11.9 Å². The summed E-state index contributed by atoms with van der Waals surface area (Å²) in [5, 5.41) is 18.6. The molecule has 36 heavy (non-hydrogen) atoms. The van der Waals surface area contributed by atoms with Gasteiger partial charge in [0.2, 0.25) is 17.7 Å². The smallest absolute Gasteiger partial charge is 0.305 e. The van der Waals surface area contributed by atoms with Crippen LogP contribution in [0.5, 0.6) is 0 Å². The van der Waals surface area contributed by atoms with Gasteiger partial charge in [-0.2, -0.15) is 0 Å². The Hall–Kier alpha value is -4.29. The van der Waals surface area contributed by atoms with Crippen LogP contribution < -0.4 is 16.0 Å². The molecule has 3 atom stereocenters. The van der Waals surface area contributed by atoms with Crippen LogP contribution in [0.2, 0.25) is 0 Å². The largest absolute Gasteiger partial charge is 0.481 e. The lowest BCUT2D eigenvalue weighted by atomic mass is 10.0. The molecule has 1 aromatic carbocycles. The number of fused-ring (bicyclic) bond motifs is 1. The molecule has 2 saturated heterocycles. The Morgan fingerprint density at radius 2 is 1.83 bits per heavy atom. The molecule has 5 amide bonds. The fourth-order valence-corrected chi connectivity index (χ4v) is 4.16. The molecular weight excluding hydrogens is 474 g/mol. The van der Waals surface area contributed by atoms with Crippen molar-refractivity contribution in [2.24, 2.45) is 0 Å². The zero-order chi connectivity index (χ0) is 26.4. The summed E-state index contributed by atoms with van der Waals surface area (Å²) in [4.78, 5) is 85.2. The van der Waals surface area contributed by atoms with Gasteiger partial charge in [-0.05, 0) is 43.5 Å². The monoisotopic (exact) mass is 501 g/mol. The van der Waals surface area contributed by atoms with E-state index in [1.54, 1.807) is 0 Å². The predicted molar refractivity (Wildman–Crippen MR) is 123 cm³/mol. The number of carboxylic acids is 1. The van der Waals surface area contributed by atoms with Crippen LogP contribution >= 0.6 is 0 Å². The minimum atomic E-state index is -1.29. The first kappa shape index (κ1) is 26.3. The molecule has 2 aliphatic heterocycles. The second kappa shape index (κ2) is 11.4. The minimum absolute atomic E-state index is 0.0185. The maximum absolute atomic E-state index is 13.4. The molecule has 13 nitrogen and oxygen atoms in total. The number of carbonyl (C=O) groups excluding carboxylic acids is 6. The summed E-state index contributed by atoms with van der Waals surface area (Å²) in [7, 11) is 0. The number of benzene rings is 1. The van der Waals surface area contributed by atoms with E-state index in [-0.39, 0.29) is 37.3 Å². The summed E-state index contributed by atoms with van der Waals surface area (Å²) in [5.74, 6) is -3.96. The number of nitrogens with zero attached hydrogens (tertiary/aromatic N) is 2. The highest BCUT2D eigenvalue weighted by Crippen LogP contribution is 2.25. The molecule has 0 aliphatic carbocycles. The highest BCUT2D eigenvalue weighted by molar-refractivity contribution is 6.00. The van der Waals surface area contributed by atoms with E-state index in [1.807, 2.05) is 0 Å². The fourth-order valence-electron chi connectivity index (χ4n) is 4.16. The number of amides is 5. The first-order valence-corrected chi connectivity index (χ1v) is 11.4. The lowest BCUT2D eigenvalue weighted by Crippen LogP contribution is -2.64. The van der Waals surface area contributed by atoms with Crippen molar-refractivity contribution in [3.63, 3.8) is 0 Å². The van der Waals surface area contributed by atoms with Crippen LogP contribution in [0.15, 0.2) is 24.3 Å². The molecule has 0 radical (unpaired) electrons. The number of nitrogens with one attached hydrogen (secondary N) is 3. The molecule has 2 aliphatic rings. The first-order valence-electron chi connectivity index (χ1n) is 11.4. The molecule has 0 unspecified atom stereocenters. The summed E-state index contributed by atoms with van der Waals surface area (Å²) >= 11 is 0. The number of hydrazine groups is 1. The molecule has 13 heteroatoms. The zero-order valence-corrected chi connectivity index (χ0v) is 19.6. The predicted octanol–water partition coefficient (Wildman–Crippen LogP) is -0.570. The van der Waals surface area contributed by atoms with Gasteiger partial charge < -0.3 is 25.9 Å². The third-order valence-electron chi connectivity index (χ3n) is 5.82. The van der Waals surface area contributed by atoms with E-state index in [0.29, 0.717) is 18.4 Å². The van der Waals surface area contributed by atoms with Crippen molar-refractivity contribution >= 4 is 47.5 Å². The summed E-state index contributed by atoms with van der Waals surface area (Å²) in [6.45, 7) is 1.55. The topological polar surface area (TPSA) is 182 Å². The molecule has 0 bridgehead atoms. The Morgan fingerprint density at radius 3 is 2.44 bits per heavy atom. The van der Waals surface area contributed by atoms with Crippen molar-refractivity contribution in [3.8, 4) is 0 Å². The molecule has 2 fully saturated rings. The van der Waals surface area contributed by atoms with Crippen LogP contribution in [0.3, 0.4) is 0 Å².